The maximum Gasteiger partial charge on any atom is 0.345 e. The van der Waals surface area contributed by atoms with Crippen LogP contribution in [0.2, 0.25) is 0 Å². The Hall–Kier alpha value is -2.38. The molecule has 0 saturated carbocycles. The number of carbonyl (C=O) groups is 1. The molecule has 142 valence electrons. The van der Waals surface area contributed by atoms with Crippen LogP contribution in [0.4, 0.5) is 0 Å². The van der Waals surface area contributed by atoms with Crippen molar-refractivity contribution in [1.29, 1.82) is 0 Å². The van der Waals surface area contributed by atoms with Crippen molar-refractivity contribution in [3.05, 3.63) is 34.5 Å². The lowest BCUT2D eigenvalue weighted by molar-refractivity contribution is -0.132. The van der Waals surface area contributed by atoms with Crippen molar-refractivity contribution < 1.29 is 4.79 Å². The molecule has 1 aliphatic heterocycles. The van der Waals surface area contributed by atoms with Gasteiger partial charge in [-0.3, -0.25) is 9.36 Å². The fourth-order valence-corrected chi connectivity index (χ4v) is 3.74. The van der Waals surface area contributed by atoms with Gasteiger partial charge in [-0.15, -0.1) is 0 Å². The van der Waals surface area contributed by atoms with Crippen LogP contribution < -0.4 is 5.69 Å². The van der Waals surface area contributed by atoms with Crippen LogP contribution in [0, 0.1) is 0 Å². The SMILES string of the molecule is CCc1nccn1CCC(=O)N1CCC(c2nn(C)c(=O)n2CC)CC1. The van der Waals surface area contributed by atoms with Gasteiger partial charge in [-0.1, -0.05) is 6.92 Å². The van der Waals surface area contributed by atoms with Gasteiger partial charge in [0.25, 0.3) is 0 Å². The minimum Gasteiger partial charge on any atom is -0.343 e. The number of likely N-dealkylation sites (tertiary alicyclic amines) is 1. The normalized spacial score (nSPS) is 15.6. The zero-order valence-corrected chi connectivity index (χ0v) is 15.9. The summed E-state index contributed by atoms with van der Waals surface area (Å²) < 4.78 is 5.21. The summed E-state index contributed by atoms with van der Waals surface area (Å²) in [5.74, 6) is 2.31. The van der Waals surface area contributed by atoms with Crippen molar-refractivity contribution in [1.82, 2.24) is 28.8 Å². The quantitative estimate of drug-likeness (QED) is 0.774. The molecule has 0 N–H and O–H groups in total. The molecule has 0 radical (unpaired) electrons. The van der Waals surface area contributed by atoms with Gasteiger partial charge in [-0.05, 0) is 19.8 Å². The number of nitrogens with zero attached hydrogens (tertiary/aromatic N) is 6. The summed E-state index contributed by atoms with van der Waals surface area (Å²) in [6.45, 7) is 6.79. The van der Waals surface area contributed by atoms with E-state index in [1.807, 2.05) is 18.0 Å². The summed E-state index contributed by atoms with van der Waals surface area (Å²) >= 11 is 0. The number of piperidine rings is 1. The number of amides is 1. The van der Waals surface area contributed by atoms with Crippen molar-refractivity contribution in [2.45, 2.75) is 58.5 Å². The van der Waals surface area contributed by atoms with Gasteiger partial charge in [-0.2, -0.15) is 5.10 Å². The number of hydrogen-bond acceptors (Lipinski definition) is 4. The lowest BCUT2D eigenvalue weighted by Crippen LogP contribution is -2.39. The summed E-state index contributed by atoms with van der Waals surface area (Å²) in [5.41, 5.74) is -0.0620. The van der Waals surface area contributed by atoms with E-state index in [0.717, 1.165) is 44.0 Å². The van der Waals surface area contributed by atoms with Gasteiger partial charge in [0.2, 0.25) is 5.91 Å². The van der Waals surface area contributed by atoms with Crippen molar-refractivity contribution in [2.24, 2.45) is 7.05 Å². The van der Waals surface area contributed by atoms with E-state index in [9.17, 15) is 9.59 Å². The zero-order chi connectivity index (χ0) is 18.7. The average molecular weight is 360 g/mol. The molecule has 8 nitrogen and oxygen atoms in total. The van der Waals surface area contributed by atoms with Crippen LogP contribution in [0.5, 0.6) is 0 Å². The molecule has 2 aromatic rings. The highest BCUT2D eigenvalue weighted by atomic mass is 16.2. The van der Waals surface area contributed by atoms with Gasteiger partial charge >= 0.3 is 5.69 Å². The molecule has 26 heavy (non-hydrogen) atoms. The molecule has 2 aromatic heterocycles. The third kappa shape index (κ3) is 3.59. The number of aryl methyl sites for hydroxylation is 3. The van der Waals surface area contributed by atoms with E-state index in [0.29, 0.717) is 19.5 Å². The minimum atomic E-state index is -0.0620. The van der Waals surface area contributed by atoms with Crippen LogP contribution in [-0.4, -0.2) is 47.8 Å². The number of carbonyl (C=O) groups excluding carboxylic acids is 1. The Morgan fingerprint density at radius 2 is 2.00 bits per heavy atom. The number of aromatic nitrogens is 5. The predicted molar refractivity (Wildman–Crippen MR) is 97.9 cm³/mol. The molecular formula is C18H28N6O2. The largest absolute Gasteiger partial charge is 0.345 e. The monoisotopic (exact) mass is 360 g/mol. The first-order valence-corrected chi connectivity index (χ1v) is 9.46. The summed E-state index contributed by atoms with van der Waals surface area (Å²) in [5, 5.41) is 4.42. The van der Waals surface area contributed by atoms with Crippen LogP contribution in [-0.2, 0) is 31.4 Å². The fourth-order valence-electron chi connectivity index (χ4n) is 3.74. The molecule has 0 unspecified atom stereocenters. The second-order valence-corrected chi connectivity index (χ2v) is 6.80. The lowest BCUT2D eigenvalue weighted by atomic mass is 9.95. The van der Waals surface area contributed by atoms with Gasteiger partial charge in [0, 0.05) is 64.4 Å². The molecule has 1 fully saturated rings. The van der Waals surface area contributed by atoms with Gasteiger partial charge in [0.1, 0.15) is 11.6 Å². The third-order valence-electron chi connectivity index (χ3n) is 5.25. The molecule has 3 heterocycles. The van der Waals surface area contributed by atoms with Crippen LogP contribution in [0.3, 0.4) is 0 Å². The second kappa shape index (κ2) is 7.88. The highest BCUT2D eigenvalue weighted by Crippen LogP contribution is 2.26. The molecule has 0 atom stereocenters. The van der Waals surface area contributed by atoms with E-state index in [-0.39, 0.29) is 17.5 Å². The Bertz CT molecular complexity index is 810. The van der Waals surface area contributed by atoms with Gasteiger partial charge in [0.15, 0.2) is 0 Å². The molecule has 0 bridgehead atoms. The first-order valence-electron chi connectivity index (χ1n) is 9.46. The van der Waals surface area contributed by atoms with Gasteiger partial charge < -0.3 is 9.47 Å². The van der Waals surface area contributed by atoms with E-state index < -0.39 is 0 Å². The number of rotatable bonds is 6. The van der Waals surface area contributed by atoms with E-state index in [1.165, 1.54) is 4.68 Å². The standard InChI is InChI=1S/C18H28N6O2/c1-4-15-19-9-13-22(15)12-8-16(25)23-10-6-14(7-11-23)17-20-21(3)18(26)24(17)5-2/h9,13-14H,4-8,10-12H2,1-3H3. The minimum absolute atomic E-state index is 0.0620. The highest BCUT2D eigenvalue weighted by molar-refractivity contribution is 5.76. The molecule has 0 spiro atoms. The Balaban J connectivity index is 1.56. The summed E-state index contributed by atoms with van der Waals surface area (Å²) in [4.78, 5) is 30.8. The molecule has 0 aromatic carbocycles. The Morgan fingerprint density at radius 1 is 1.27 bits per heavy atom. The average Bonchev–Trinajstić information content (AvgIpc) is 3.24. The molecule has 8 heteroatoms. The van der Waals surface area contributed by atoms with Crippen molar-refractivity contribution in [2.75, 3.05) is 13.1 Å². The maximum atomic E-state index is 12.5. The summed E-state index contributed by atoms with van der Waals surface area (Å²) in [7, 11) is 1.69. The van der Waals surface area contributed by atoms with E-state index in [4.69, 9.17) is 0 Å². The Morgan fingerprint density at radius 3 is 2.65 bits per heavy atom. The third-order valence-corrected chi connectivity index (χ3v) is 5.25. The Kier molecular flexibility index (Phi) is 5.58. The zero-order valence-electron chi connectivity index (χ0n) is 15.9. The first-order chi connectivity index (χ1) is 12.5. The molecule has 1 amide bonds. The van der Waals surface area contributed by atoms with E-state index in [2.05, 4.69) is 21.6 Å². The van der Waals surface area contributed by atoms with Crippen molar-refractivity contribution in [3.63, 3.8) is 0 Å². The summed E-state index contributed by atoms with van der Waals surface area (Å²) in [6.07, 6.45) is 6.80. The van der Waals surface area contributed by atoms with E-state index in [1.54, 1.807) is 17.8 Å². The summed E-state index contributed by atoms with van der Waals surface area (Å²) in [6, 6.07) is 0. The predicted octanol–water partition coefficient (Wildman–Crippen LogP) is 1.16. The lowest BCUT2D eigenvalue weighted by Gasteiger charge is -2.31. The number of imidazole rings is 1. The fraction of sp³-hybridized carbons (Fsp3) is 0.667. The van der Waals surface area contributed by atoms with Gasteiger partial charge in [-0.25, -0.2) is 14.5 Å². The molecule has 3 rings (SSSR count). The Labute approximate surface area is 153 Å². The van der Waals surface area contributed by atoms with E-state index >= 15 is 0 Å². The highest BCUT2D eigenvalue weighted by Gasteiger charge is 2.27. The van der Waals surface area contributed by atoms with Crippen molar-refractivity contribution >= 4 is 5.91 Å². The molecule has 1 aliphatic rings. The topological polar surface area (TPSA) is 78.0 Å². The molecular weight excluding hydrogens is 332 g/mol. The molecule has 1 saturated heterocycles. The van der Waals surface area contributed by atoms with Crippen LogP contribution in [0.25, 0.3) is 0 Å². The maximum absolute atomic E-state index is 12.5. The number of hydrogen-bond donors (Lipinski definition) is 0. The van der Waals surface area contributed by atoms with Crippen LogP contribution >= 0.6 is 0 Å². The smallest absolute Gasteiger partial charge is 0.343 e. The van der Waals surface area contributed by atoms with Gasteiger partial charge in [0.05, 0.1) is 0 Å². The van der Waals surface area contributed by atoms with Crippen LogP contribution in [0.15, 0.2) is 17.2 Å². The first kappa shape index (κ1) is 18.4. The van der Waals surface area contributed by atoms with Crippen molar-refractivity contribution in [3.8, 4) is 0 Å². The molecule has 0 aliphatic carbocycles. The second-order valence-electron chi connectivity index (χ2n) is 6.80. The van der Waals surface area contributed by atoms with Crippen LogP contribution in [0.1, 0.15) is 50.7 Å².